The van der Waals surface area contributed by atoms with Crippen LogP contribution in [0.4, 0.5) is 0 Å². The second kappa shape index (κ2) is 7.89. The van der Waals surface area contributed by atoms with E-state index in [-0.39, 0.29) is 5.91 Å². The molecule has 122 valence electrons. The van der Waals surface area contributed by atoms with E-state index in [1.807, 2.05) is 24.3 Å². The van der Waals surface area contributed by atoms with Gasteiger partial charge in [0.2, 0.25) is 5.91 Å². The van der Waals surface area contributed by atoms with Crippen molar-refractivity contribution in [2.24, 2.45) is 0 Å². The highest BCUT2D eigenvalue weighted by molar-refractivity contribution is 5.95. The van der Waals surface area contributed by atoms with Crippen LogP contribution < -0.4 is 5.32 Å². The molecule has 6 nitrogen and oxygen atoms in total. The van der Waals surface area contributed by atoms with Crippen LogP contribution in [0.1, 0.15) is 12.1 Å². The predicted molar refractivity (Wildman–Crippen MR) is 90.0 cm³/mol. The van der Waals surface area contributed by atoms with Crippen molar-refractivity contribution in [2.45, 2.75) is 6.42 Å². The third-order valence-corrected chi connectivity index (χ3v) is 3.95. The molecule has 0 atom stereocenters. The number of nitrogens with one attached hydrogen (secondary N) is 2. The Labute approximate surface area is 135 Å². The molecule has 1 amide bonds. The smallest absolute Gasteiger partial charge is 0.244 e. The molecule has 2 N–H and O–H groups in total. The van der Waals surface area contributed by atoms with Crippen molar-refractivity contribution in [1.29, 1.82) is 0 Å². The van der Waals surface area contributed by atoms with Gasteiger partial charge in [0.05, 0.1) is 24.4 Å². The number of ether oxygens (including phenoxy) is 1. The summed E-state index contributed by atoms with van der Waals surface area (Å²) in [5.41, 5.74) is 1.75. The van der Waals surface area contributed by atoms with Crippen molar-refractivity contribution in [1.82, 2.24) is 20.4 Å². The van der Waals surface area contributed by atoms with Gasteiger partial charge in [0, 0.05) is 31.1 Å². The molecule has 23 heavy (non-hydrogen) atoms. The molecule has 0 bridgehead atoms. The van der Waals surface area contributed by atoms with E-state index in [1.54, 1.807) is 6.08 Å². The van der Waals surface area contributed by atoms with Gasteiger partial charge in [-0.25, -0.2) is 0 Å². The molecule has 2 heterocycles. The van der Waals surface area contributed by atoms with E-state index in [0.29, 0.717) is 6.54 Å². The van der Waals surface area contributed by atoms with Crippen LogP contribution in [0.25, 0.3) is 17.0 Å². The van der Waals surface area contributed by atoms with Gasteiger partial charge in [0.15, 0.2) is 0 Å². The molecule has 1 aliphatic heterocycles. The maximum atomic E-state index is 11.9. The number of carbonyl (C=O) groups is 1. The standard InChI is InChI=1S/C17H22N4O2/c22-17(18-8-3-9-21-10-12-23-13-11-21)7-6-16-14-4-1-2-5-15(14)19-20-16/h1-2,4-7H,3,8-13H2,(H,18,22)(H,19,20). The molecule has 2 aromatic rings. The van der Waals surface area contributed by atoms with Crippen LogP contribution in [0.15, 0.2) is 30.3 Å². The summed E-state index contributed by atoms with van der Waals surface area (Å²) in [7, 11) is 0. The fourth-order valence-electron chi connectivity index (χ4n) is 2.66. The highest BCUT2D eigenvalue weighted by Crippen LogP contribution is 2.15. The average Bonchev–Trinajstić information content (AvgIpc) is 3.01. The zero-order valence-corrected chi connectivity index (χ0v) is 13.1. The number of rotatable bonds is 6. The van der Waals surface area contributed by atoms with Crippen molar-refractivity contribution >= 4 is 22.9 Å². The van der Waals surface area contributed by atoms with Gasteiger partial charge in [-0.1, -0.05) is 18.2 Å². The Bertz CT molecular complexity index is 674. The molecule has 1 saturated heterocycles. The molecule has 0 unspecified atom stereocenters. The van der Waals surface area contributed by atoms with Crippen LogP contribution in [0.5, 0.6) is 0 Å². The molecule has 1 aromatic heterocycles. The summed E-state index contributed by atoms with van der Waals surface area (Å²) in [6.45, 7) is 5.28. The number of benzene rings is 1. The number of amides is 1. The van der Waals surface area contributed by atoms with E-state index >= 15 is 0 Å². The number of aromatic amines is 1. The minimum atomic E-state index is -0.0842. The van der Waals surface area contributed by atoms with Crippen LogP contribution in [0.3, 0.4) is 0 Å². The van der Waals surface area contributed by atoms with Gasteiger partial charge in [0.25, 0.3) is 0 Å². The van der Waals surface area contributed by atoms with Gasteiger partial charge in [-0.15, -0.1) is 0 Å². The number of nitrogens with zero attached hydrogens (tertiary/aromatic N) is 2. The summed E-state index contributed by atoms with van der Waals surface area (Å²) in [5.74, 6) is -0.0842. The molecule has 1 aromatic carbocycles. The van der Waals surface area contributed by atoms with Crippen molar-refractivity contribution < 1.29 is 9.53 Å². The van der Waals surface area contributed by atoms with Gasteiger partial charge in [-0.3, -0.25) is 14.8 Å². The zero-order valence-electron chi connectivity index (χ0n) is 13.1. The van der Waals surface area contributed by atoms with Crippen LogP contribution >= 0.6 is 0 Å². The third kappa shape index (κ3) is 4.40. The summed E-state index contributed by atoms with van der Waals surface area (Å²) < 4.78 is 5.31. The molecule has 0 spiro atoms. The maximum Gasteiger partial charge on any atom is 0.244 e. The Morgan fingerprint density at radius 3 is 3.04 bits per heavy atom. The fraction of sp³-hybridized carbons (Fsp3) is 0.412. The van der Waals surface area contributed by atoms with E-state index in [2.05, 4.69) is 20.4 Å². The van der Waals surface area contributed by atoms with Crippen LogP contribution in [0.2, 0.25) is 0 Å². The monoisotopic (exact) mass is 314 g/mol. The maximum absolute atomic E-state index is 11.9. The van der Waals surface area contributed by atoms with Crippen molar-refractivity contribution in [3.05, 3.63) is 36.0 Å². The lowest BCUT2D eigenvalue weighted by Gasteiger charge is -2.26. The minimum Gasteiger partial charge on any atom is -0.379 e. The van der Waals surface area contributed by atoms with Gasteiger partial charge in [0.1, 0.15) is 0 Å². The lowest BCUT2D eigenvalue weighted by molar-refractivity contribution is -0.116. The zero-order chi connectivity index (χ0) is 15.9. The topological polar surface area (TPSA) is 70.2 Å². The Morgan fingerprint density at radius 1 is 1.35 bits per heavy atom. The first-order valence-electron chi connectivity index (χ1n) is 8.02. The van der Waals surface area contributed by atoms with Gasteiger partial charge in [-0.05, 0) is 25.1 Å². The van der Waals surface area contributed by atoms with Crippen LogP contribution in [0, 0.1) is 0 Å². The van der Waals surface area contributed by atoms with Crippen LogP contribution in [-0.4, -0.2) is 60.4 Å². The van der Waals surface area contributed by atoms with E-state index < -0.39 is 0 Å². The highest BCUT2D eigenvalue weighted by atomic mass is 16.5. The van der Waals surface area contributed by atoms with E-state index in [9.17, 15) is 4.79 Å². The third-order valence-electron chi connectivity index (χ3n) is 3.95. The Kier molecular flexibility index (Phi) is 5.39. The quantitative estimate of drug-likeness (QED) is 0.625. The number of hydrogen-bond donors (Lipinski definition) is 2. The first-order valence-corrected chi connectivity index (χ1v) is 8.02. The normalized spacial score (nSPS) is 16.2. The molecule has 0 saturated carbocycles. The lowest BCUT2D eigenvalue weighted by Crippen LogP contribution is -2.38. The number of H-pyrrole nitrogens is 1. The predicted octanol–water partition coefficient (Wildman–Crippen LogP) is 1.41. The number of fused-ring (bicyclic) bond motifs is 1. The summed E-state index contributed by atoms with van der Waals surface area (Å²) in [4.78, 5) is 14.2. The molecular weight excluding hydrogens is 292 g/mol. The molecule has 0 aliphatic carbocycles. The van der Waals surface area contributed by atoms with E-state index in [4.69, 9.17) is 4.74 Å². The fourth-order valence-corrected chi connectivity index (χ4v) is 2.66. The first-order chi connectivity index (χ1) is 11.3. The van der Waals surface area contributed by atoms with E-state index in [0.717, 1.165) is 55.9 Å². The summed E-state index contributed by atoms with van der Waals surface area (Å²) in [5, 5.41) is 11.1. The number of para-hydroxylation sites is 1. The van der Waals surface area contributed by atoms with Gasteiger partial charge < -0.3 is 10.1 Å². The average molecular weight is 314 g/mol. The van der Waals surface area contributed by atoms with Gasteiger partial charge >= 0.3 is 0 Å². The Hall–Kier alpha value is -2.18. The van der Waals surface area contributed by atoms with E-state index in [1.165, 1.54) is 6.08 Å². The van der Waals surface area contributed by atoms with Crippen LogP contribution in [-0.2, 0) is 9.53 Å². The molecule has 3 rings (SSSR count). The largest absolute Gasteiger partial charge is 0.379 e. The number of carbonyl (C=O) groups excluding carboxylic acids is 1. The molecule has 6 heteroatoms. The molecule has 1 aliphatic rings. The number of aromatic nitrogens is 2. The Balaban J connectivity index is 1.42. The molecule has 1 fully saturated rings. The Morgan fingerprint density at radius 2 is 2.17 bits per heavy atom. The summed E-state index contributed by atoms with van der Waals surface area (Å²) in [6, 6.07) is 7.86. The van der Waals surface area contributed by atoms with Crippen molar-refractivity contribution in [3.8, 4) is 0 Å². The highest BCUT2D eigenvalue weighted by Gasteiger charge is 2.09. The molecule has 0 radical (unpaired) electrons. The molecular formula is C17H22N4O2. The second-order valence-corrected chi connectivity index (χ2v) is 5.59. The SMILES string of the molecule is O=C(C=Cc1n[nH]c2ccccc12)NCCCN1CCOCC1. The second-order valence-electron chi connectivity index (χ2n) is 5.59. The summed E-state index contributed by atoms with van der Waals surface area (Å²) in [6.07, 6.45) is 4.23. The number of hydrogen-bond acceptors (Lipinski definition) is 4. The first kappa shape index (κ1) is 15.7. The van der Waals surface area contributed by atoms with Crippen molar-refractivity contribution in [3.63, 3.8) is 0 Å². The summed E-state index contributed by atoms with van der Waals surface area (Å²) >= 11 is 0. The minimum absolute atomic E-state index is 0.0842. The lowest BCUT2D eigenvalue weighted by atomic mass is 10.2. The number of morpholine rings is 1. The van der Waals surface area contributed by atoms with Crippen molar-refractivity contribution in [2.75, 3.05) is 39.4 Å². The van der Waals surface area contributed by atoms with Gasteiger partial charge in [-0.2, -0.15) is 5.10 Å².